The van der Waals surface area contributed by atoms with Gasteiger partial charge >= 0.3 is 6.18 Å². The van der Waals surface area contributed by atoms with Crippen molar-refractivity contribution in [3.8, 4) is 17.2 Å². The first-order valence-corrected chi connectivity index (χ1v) is 10.5. The second-order valence-corrected chi connectivity index (χ2v) is 8.08. The molecule has 0 bridgehead atoms. The highest BCUT2D eigenvalue weighted by atomic mass is 32.2. The molecule has 3 N–H and O–H groups in total. The number of hydrogen-bond donors (Lipinski definition) is 2. The molecule has 13 heteroatoms. The van der Waals surface area contributed by atoms with Crippen molar-refractivity contribution in [2.45, 2.75) is 17.6 Å². The van der Waals surface area contributed by atoms with Crippen LogP contribution in [0.15, 0.2) is 41.6 Å². The summed E-state index contributed by atoms with van der Waals surface area (Å²) in [4.78, 5) is 8.05. The maximum absolute atomic E-state index is 12.6. The minimum Gasteiger partial charge on any atom is -0.493 e. The number of aromatic nitrogens is 2. The van der Waals surface area contributed by atoms with Gasteiger partial charge in [0.15, 0.2) is 18.1 Å². The summed E-state index contributed by atoms with van der Waals surface area (Å²) in [6.07, 6.45) is -3.28. The number of rotatable bonds is 8. The molecule has 0 radical (unpaired) electrons. The number of hydrogen-bond acceptors (Lipinski definition) is 8. The third-order valence-electron chi connectivity index (χ3n) is 4.34. The highest BCUT2D eigenvalue weighted by molar-refractivity contribution is 7.89. The standard InChI is InChI=1S/C19H19F3N4O5S/c1-29-16-6-13-14(7-17(16)30-2)25-10-26-18(13)24-8-11-5-12(32(23,27)28)3-4-15(11)31-9-19(20,21)22/h3-7,10H,8-9H2,1-2H3,(H2,23,27,28)(H,24,25,26). The van der Waals surface area contributed by atoms with Gasteiger partial charge in [-0.15, -0.1) is 0 Å². The highest BCUT2D eigenvalue weighted by Crippen LogP contribution is 2.34. The Balaban J connectivity index is 1.96. The molecule has 3 aromatic rings. The number of halogens is 3. The molecule has 0 amide bonds. The zero-order chi connectivity index (χ0) is 23.5. The van der Waals surface area contributed by atoms with Crippen LogP contribution in [0.25, 0.3) is 10.9 Å². The predicted octanol–water partition coefficient (Wildman–Crippen LogP) is 2.85. The van der Waals surface area contributed by atoms with Gasteiger partial charge in [0.1, 0.15) is 17.9 Å². The molecule has 0 atom stereocenters. The number of fused-ring (bicyclic) bond motifs is 1. The number of methoxy groups -OCH3 is 2. The highest BCUT2D eigenvalue weighted by Gasteiger charge is 2.29. The third kappa shape index (κ3) is 5.48. The monoisotopic (exact) mass is 472 g/mol. The van der Waals surface area contributed by atoms with Gasteiger partial charge in [-0.3, -0.25) is 0 Å². The summed E-state index contributed by atoms with van der Waals surface area (Å²) in [6.45, 7) is -1.65. The van der Waals surface area contributed by atoms with Crippen LogP contribution in [0.5, 0.6) is 17.2 Å². The van der Waals surface area contributed by atoms with E-state index in [9.17, 15) is 21.6 Å². The average Bonchev–Trinajstić information content (AvgIpc) is 2.74. The fourth-order valence-corrected chi connectivity index (χ4v) is 3.44. The zero-order valence-corrected chi connectivity index (χ0v) is 17.7. The molecule has 1 aromatic heterocycles. The normalized spacial score (nSPS) is 11.9. The van der Waals surface area contributed by atoms with E-state index in [4.69, 9.17) is 19.3 Å². The SMILES string of the molecule is COc1cc2ncnc(NCc3cc(S(N)(=O)=O)ccc3OCC(F)(F)F)c2cc1OC. The van der Waals surface area contributed by atoms with Gasteiger partial charge in [0.05, 0.1) is 24.6 Å². The van der Waals surface area contributed by atoms with Crippen LogP contribution in [-0.4, -0.2) is 45.4 Å². The Morgan fingerprint density at radius 3 is 2.34 bits per heavy atom. The van der Waals surface area contributed by atoms with E-state index in [2.05, 4.69) is 15.3 Å². The summed E-state index contributed by atoms with van der Waals surface area (Å²) in [7, 11) is -1.14. The molecule has 172 valence electrons. The number of primary sulfonamides is 1. The predicted molar refractivity (Wildman–Crippen MR) is 109 cm³/mol. The van der Waals surface area contributed by atoms with Crippen molar-refractivity contribution in [1.82, 2.24) is 9.97 Å². The molecule has 0 unspecified atom stereocenters. The number of nitrogens with two attached hydrogens (primary N) is 1. The molecule has 0 spiro atoms. The Morgan fingerprint density at radius 1 is 1.03 bits per heavy atom. The fourth-order valence-electron chi connectivity index (χ4n) is 2.87. The quantitative estimate of drug-likeness (QED) is 0.513. The molecular formula is C19H19F3N4O5S. The van der Waals surface area contributed by atoms with E-state index < -0.39 is 22.8 Å². The van der Waals surface area contributed by atoms with E-state index in [1.54, 1.807) is 12.1 Å². The van der Waals surface area contributed by atoms with Crippen molar-refractivity contribution in [3.63, 3.8) is 0 Å². The number of benzene rings is 2. The maximum Gasteiger partial charge on any atom is 0.422 e. The van der Waals surface area contributed by atoms with Crippen LogP contribution in [0.2, 0.25) is 0 Å². The van der Waals surface area contributed by atoms with Crippen LogP contribution in [0, 0.1) is 0 Å². The Kier molecular flexibility index (Phi) is 6.60. The van der Waals surface area contributed by atoms with Gasteiger partial charge in [-0.1, -0.05) is 0 Å². The van der Waals surface area contributed by atoms with E-state index in [1.165, 1.54) is 20.5 Å². The molecule has 0 aliphatic carbocycles. The maximum atomic E-state index is 12.6. The van der Waals surface area contributed by atoms with E-state index in [0.29, 0.717) is 28.2 Å². The summed E-state index contributed by atoms with van der Waals surface area (Å²) < 4.78 is 76.6. The van der Waals surface area contributed by atoms with Crippen molar-refractivity contribution in [1.29, 1.82) is 0 Å². The Labute approximate surface area is 181 Å². The van der Waals surface area contributed by atoms with Crippen molar-refractivity contribution in [2.75, 3.05) is 26.1 Å². The summed E-state index contributed by atoms with van der Waals surface area (Å²) in [5.41, 5.74) is 0.653. The lowest BCUT2D eigenvalue weighted by molar-refractivity contribution is -0.153. The Morgan fingerprint density at radius 2 is 1.72 bits per heavy atom. The fraction of sp³-hybridized carbons (Fsp3) is 0.263. The lowest BCUT2D eigenvalue weighted by Crippen LogP contribution is -2.20. The van der Waals surface area contributed by atoms with Gasteiger partial charge in [0, 0.05) is 23.6 Å². The second-order valence-electron chi connectivity index (χ2n) is 6.52. The second kappa shape index (κ2) is 9.04. The van der Waals surface area contributed by atoms with Gasteiger partial charge < -0.3 is 19.5 Å². The molecule has 32 heavy (non-hydrogen) atoms. The smallest absolute Gasteiger partial charge is 0.422 e. The van der Waals surface area contributed by atoms with E-state index >= 15 is 0 Å². The Bertz CT molecular complexity index is 1240. The molecule has 2 aromatic carbocycles. The summed E-state index contributed by atoms with van der Waals surface area (Å²) in [5, 5.41) is 8.66. The zero-order valence-electron chi connectivity index (χ0n) is 16.9. The van der Waals surface area contributed by atoms with Crippen LogP contribution in [0.3, 0.4) is 0 Å². The molecular weight excluding hydrogens is 453 g/mol. The Hall–Kier alpha value is -3.32. The van der Waals surface area contributed by atoms with Crippen molar-refractivity contribution in [2.24, 2.45) is 5.14 Å². The first-order valence-electron chi connectivity index (χ1n) is 8.97. The van der Waals surface area contributed by atoms with Crippen molar-refractivity contribution in [3.05, 3.63) is 42.2 Å². The molecule has 0 saturated heterocycles. The van der Waals surface area contributed by atoms with Crippen LogP contribution in [-0.2, 0) is 16.6 Å². The lowest BCUT2D eigenvalue weighted by atomic mass is 10.1. The number of ether oxygens (including phenoxy) is 3. The summed E-state index contributed by atoms with van der Waals surface area (Å²) in [6, 6.07) is 6.61. The molecule has 0 saturated carbocycles. The number of anilines is 1. The van der Waals surface area contributed by atoms with Crippen LogP contribution < -0.4 is 24.7 Å². The molecule has 0 fully saturated rings. The number of sulfonamides is 1. The molecule has 1 heterocycles. The minimum atomic E-state index is -4.57. The van der Waals surface area contributed by atoms with Gasteiger partial charge in [-0.2, -0.15) is 13.2 Å². The van der Waals surface area contributed by atoms with Gasteiger partial charge in [0.25, 0.3) is 0 Å². The number of nitrogens with one attached hydrogen (secondary N) is 1. The lowest BCUT2D eigenvalue weighted by Gasteiger charge is -2.16. The molecule has 0 aliphatic rings. The van der Waals surface area contributed by atoms with Crippen molar-refractivity contribution >= 4 is 26.7 Å². The van der Waals surface area contributed by atoms with Crippen LogP contribution in [0.4, 0.5) is 19.0 Å². The van der Waals surface area contributed by atoms with Crippen molar-refractivity contribution < 1.29 is 35.8 Å². The topological polar surface area (TPSA) is 126 Å². The van der Waals surface area contributed by atoms with E-state index in [0.717, 1.165) is 18.2 Å². The van der Waals surface area contributed by atoms with E-state index in [1.807, 2.05) is 0 Å². The van der Waals surface area contributed by atoms with Gasteiger partial charge in [-0.05, 0) is 24.3 Å². The minimum absolute atomic E-state index is 0.114. The number of nitrogens with zero attached hydrogens (tertiary/aromatic N) is 2. The van der Waals surface area contributed by atoms with Crippen LogP contribution >= 0.6 is 0 Å². The first kappa shape index (κ1) is 23.3. The van der Waals surface area contributed by atoms with Crippen LogP contribution in [0.1, 0.15) is 5.56 Å². The largest absolute Gasteiger partial charge is 0.493 e. The van der Waals surface area contributed by atoms with Gasteiger partial charge in [0.2, 0.25) is 10.0 Å². The summed E-state index contributed by atoms with van der Waals surface area (Å²) >= 11 is 0. The molecule has 0 aliphatic heterocycles. The number of alkyl halides is 3. The van der Waals surface area contributed by atoms with Gasteiger partial charge in [-0.25, -0.2) is 23.5 Å². The molecule has 3 rings (SSSR count). The third-order valence-corrected chi connectivity index (χ3v) is 5.25. The average molecular weight is 472 g/mol. The first-order chi connectivity index (χ1) is 15.0. The summed E-state index contributed by atoms with van der Waals surface area (Å²) in [5.74, 6) is 1.05. The molecule has 9 nitrogen and oxygen atoms in total. The van der Waals surface area contributed by atoms with E-state index in [-0.39, 0.29) is 22.8 Å².